The lowest BCUT2D eigenvalue weighted by atomic mass is 10.1. The molecule has 1 aromatic carbocycles. The van der Waals surface area contributed by atoms with Crippen molar-refractivity contribution < 1.29 is 14.1 Å². The van der Waals surface area contributed by atoms with Crippen LogP contribution in [-0.4, -0.2) is 24.2 Å². The minimum atomic E-state index is -0.589. The van der Waals surface area contributed by atoms with E-state index in [1.54, 1.807) is 0 Å². The smallest absolute Gasteiger partial charge is 0.270 e. The number of halogens is 1. The van der Waals surface area contributed by atoms with Gasteiger partial charge in [0.2, 0.25) is 0 Å². The molecular weight excluding hydrogens is 239 g/mol. The Bertz CT molecular complexity index is 410. The summed E-state index contributed by atoms with van der Waals surface area (Å²) in [5.74, 6) is 0.478. The van der Waals surface area contributed by atoms with Crippen molar-refractivity contribution in [1.82, 2.24) is 5.32 Å². The number of rotatable bonds is 7. The molecule has 0 saturated carbocycles. The predicted molar refractivity (Wildman–Crippen MR) is 66.5 cm³/mol. The van der Waals surface area contributed by atoms with Gasteiger partial charge in [0, 0.05) is 30.3 Å². The number of ether oxygens (including phenoxy) is 1. The van der Waals surface area contributed by atoms with Gasteiger partial charge in [-0.05, 0) is 6.07 Å². The van der Waals surface area contributed by atoms with Crippen molar-refractivity contribution in [2.75, 3.05) is 13.3 Å². The Labute approximate surface area is 105 Å². The topological polar surface area (TPSA) is 64.4 Å². The van der Waals surface area contributed by atoms with Crippen molar-refractivity contribution in [2.24, 2.45) is 0 Å². The molecule has 100 valence electrons. The predicted octanol–water partition coefficient (Wildman–Crippen LogP) is 2.44. The molecular formula is C12H17FN2O3. The summed E-state index contributed by atoms with van der Waals surface area (Å²) in [6.07, 6.45) is 0. The van der Waals surface area contributed by atoms with Crippen LogP contribution in [0.2, 0.25) is 0 Å². The third-order valence-corrected chi connectivity index (χ3v) is 2.29. The van der Waals surface area contributed by atoms with Gasteiger partial charge in [0.25, 0.3) is 5.69 Å². The van der Waals surface area contributed by atoms with Crippen LogP contribution in [0.1, 0.15) is 19.4 Å². The largest absolute Gasteiger partial charge is 0.491 e. The van der Waals surface area contributed by atoms with Crippen LogP contribution in [0, 0.1) is 10.1 Å². The maximum Gasteiger partial charge on any atom is 0.270 e. The van der Waals surface area contributed by atoms with Gasteiger partial charge >= 0.3 is 0 Å². The van der Waals surface area contributed by atoms with Gasteiger partial charge in [0.05, 0.1) is 4.92 Å². The van der Waals surface area contributed by atoms with Crippen molar-refractivity contribution in [1.29, 1.82) is 0 Å². The van der Waals surface area contributed by atoms with E-state index < -0.39 is 11.6 Å². The van der Waals surface area contributed by atoms with Crippen molar-refractivity contribution in [2.45, 2.75) is 26.4 Å². The lowest BCUT2D eigenvalue weighted by Gasteiger charge is -2.12. The fraction of sp³-hybridized carbons (Fsp3) is 0.500. The molecule has 0 fully saturated rings. The van der Waals surface area contributed by atoms with Gasteiger partial charge in [0.15, 0.2) is 0 Å². The number of nitro benzene ring substituents is 1. The highest BCUT2D eigenvalue weighted by Crippen LogP contribution is 2.24. The summed E-state index contributed by atoms with van der Waals surface area (Å²) < 4.78 is 17.3. The maximum atomic E-state index is 12.1. The summed E-state index contributed by atoms with van der Waals surface area (Å²) in [7, 11) is 0. The minimum Gasteiger partial charge on any atom is -0.491 e. The molecule has 0 unspecified atom stereocenters. The fourth-order valence-corrected chi connectivity index (χ4v) is 1.42. The van der Waals surface area contributed by atoms with E-state index >= 15 is 0 Å². The van der Waals surface area contributed by atoms with Crippen LogP contribution in [0.5, 0.6) is 5.75 Å². The van der Waals surface area contributed by atoms with Gasteiger partial charge in [-0.25, -0.2) is 4.39 Å². The van der Waals surface area contributed by atoms with E-state index in [0.717, 1.165) is 0 Å². The van der Waals surface area contributed by atoms with Gasteiger partial charge in [0.1, 0.15) is 19.0 Å². The lowest BCUT2D eigenvalue weighted by Crippen LogP contribution is -2.22. The number of alkyl halides is 1. The number of benzene rings is 1. The zero-order valence-electron chi connectivity index (χ0n) is 10.5. The quantitative estimate of drug-likeness (QED) is 0.601. The summed E-state index contributed by atoms with van der Waals surface area (Å²) >= 11 is 0. The molecule has 0 aliphatic rings. The molecule has 1 N–H and O–H groups in total. The van der Waals surface area contributed by atoms with Crippen LogP contribution < -0.4 is 10.1 Å². The van der Waals surface area contributed by atoms with Crippen LogP contribution >= 0.6 is 0 Å². The van der Waals surface area contributed by atoms with Crippen LogP contribution in [0.15, 0.2) is 18.2 Å². The number of nitrogens with zero attached hydrogens (tertiary/aromatic N) is 1. The van der Waals surface area contributed by atoms with Crippen LogP contribution in [-0.2, 0) is 6.54 Å². The summed E-state index contributed by atoms with van der Waals surface area (Å²) in [4.78, 5) is 10.2. The molecule has 0 aromatic heterocycles. The minimum absolute atomic E-state index is 0.00292. The van der Waals surface area contributed by atoms with Crippen LogP contribution in [0.4, 0.5) is 10.1 Å². The fourth-order valence-electron chi connectivity index (χ4n) is 1.42. The first-order chi connectivity index (χ1) is 8.54. The molecule has 0 bridgehead atoms. The second-order valence-corrected chi connectivity index (χ2v) is 4.12. The average Bonchev–Trinajstić information content (AvgIpc) is 2.33. The Kier molecular flexibility index (Phi) is 5.51. The molecule has 0 heterocycles. The number of hydrogen-bond donors (Lipinski definition) is 1. The van der Waals surface area contributed by atoms with Gasteiger partial charge in [-0.3, -0.25) is 10.1 Å². The first-order valence-electron chi connectivity index (χ1n) is 5.74. The summed E-state index contributed by atoms with van der Waals surface area (Å²) in [5, 5.41) is 13.8. The standard InChI is InChI=1S/C12H17FN2O3/c1-9(2)14-8-10-7-11(15(16)17)3-4-12(10)18-6-5-13/h3-4,7,9,14H,5-6,8H2,1-2H3. The number of hydrogen-bond acceptors (Lipinski definition) is 4. The normalized spacial score (nSPS) is 10.7. The van der Waals surface area contributed by atoms with E-state index in [4.69, 9.17) is 4.74 Å². The second kappa shape index (κ2) is 6.90. The van der Waals surface area contributed by atoms with E-state index in [1.165, 1.54) is 18.2 Å². The number of nitrogens with one attached hydrogen (secondary N) is 1. The van der Waals surface area contributed by atoms with Crippen molar-refractivity contribution >= 4 is 5.69 Å². The zero-order chi connectivity index (χ0) is 13.5. The Balaban J connectivity index is 2.90. The molecule has 0 atom stereocenters. The Hall–Kier alpha value is -1.69. The van der Waals surface area contributed by atoms with E-state index in [-0.39, 0.29) is 18.3 Å². The highest BCUT2D eigenvalue weighted by atomic mass is 19.1. The van der Waals surface area contributed by atoms with Gasteiger partial charge < -0.3 is 10.1 Å². The van der Waals surface area contributed by atoms with Gasteiger partial charge in [-0.1, -0.05) is 13.8 Å². The summed E-state index contributed by atoms with van der Waals surface area (Å²) in [5.41, 5.74) is 0.662. The van der Waals surface area contributed by atoms with E-state index in [9.17, 15) is 14.5 Å². The molecule has 0 spiro atoms. The Morgan fingerprint density at radius 2 is 2.22 bits per heavy atom. The molecule has 0 aliphatic carbocycles. The van der Waals surface area contributed by atoms with E-state index in [1.807, 2.05) is 13.8 Å². The van der Waals surface area contributed by atoms with Gasteiger partial charge in [-0.2, -0.15) is 0 Å². The third kappa shape index (κ3) is 4.29. The first kappa shape index (κ1) is 14.4. The Morgan fingerprint density at radius 1 is 1.50 bits per heavy atom. The molecule has 0 aliphatic heterocycles. The Morgan fingerprint density at radius 3 is 2.78 bits per heavy atom. The molecule has 0 amide bonds. The highest BCUT2D eigenvalue weighted by molar-refractivity contribution is 5.43. The SMILES string of the molecule is CC(C)NCc1cc([N+](=O)[O-])ccc1OCCF. The van der Waals surface area contributed by atoms with E-state index in [2.05, 4.69) is 5.32 Å². The third-order valence-electron chi connectivity index (χ3n) is 2.29. The monoisotopic (exact) mass is 256 g/mol. The molecule has 1 rings (SSSR count). The summed E-state index contributed by atoms with van der Waals surface area (Å²) in [6, 6.07) is 4.55. The molecule has 0 radical (unpaired) electrons. The van der Waals surface area contributed by atoms with Gasteiger partial charge in [-0.15, -0.1) is 0 Å². The van der Waals surface area contributed by atoms with Crippen LogP contribution in [0.25, 0.3) is 0 Å². The van der Waals surface area contributed by atoms with Crippen molar-refractivity contribution in [3.8, 4) is 5.75 Å². The molecule has 18 heavy (non-hydrogen) atoms. The molecule has 1 aromatic rings. The van der Waals surface area contributed by atoms with Crippen LogP contribution in [0.3, 0.4) is 0 Å². The second-order valence-electron chi connectivity index (χ2n) is 4.12. The average molecular weight is 256 g/mol. The summed E-state index contributed by atoms with van der Waals surface area (Å²) in [6.45, 7) is 3.75. The van der Waals surface area contributed by atoms with E-state index in [0.29, 0.717) is 17.9 Å². The number of non-ortho nitro benzene ring substituents is 1. The molecule has 0 saturated heterocycles. The van der Waals surface area contributed by atoms with Crippen molar-refractivity contribution in [3.63, 3.8) is 0 Å². The highest BCUT2D eigenvalue weighted by Gasteiger charge is 2.12. The number of nitro groups is 1. The molecule has 6 heteroatoms. The maximum absolute atomic E-state index is 12.1. The van der Waals surface area contributed by atoms with Crippen molar-refractivity contribution in [3.05, 3.63) is 33.9 Å². The zero-order valence-corrected chi connectivity index (χ0v) is 10.5. The lowest BCUT2D eigenvalue weighted by molar-refractivity contribution is -0.384. The first-order valence-corrected chi connectivity index (χ1v) is 5.74. The molecule has 5 nitrogen and oxygen atoms in total.